The summed E-state index contributed by atoms with van der Waals surface area (Å²) in [5, 5.41) is 3.52. The first-order valence-corrected chi connectivity index (χ1v) is 8.46. The maximum absolute atomic E-state index is 12.3. The first kappa shape index (κ1) is 15.3. The molecule has 2 saturated carbocycles. The van der Waals surface area contributed by atoms with E-state index in [2.05, 4.69) is 24.1 Å². The summed E-state index contributed by atoms with van der Waals surface area (Å²) in [7, 11) is 0. The summed E-state index contributed by atoms with van der Waals surface area (Å²) >= 11 is 0. The van der Waals surface area contributed by atoms with Crippen LogP contribution in [0.5, 0.6) is 0 Å². The van der Waals surface area contributed by atoms with Gasteiger partial charge in [0.25, 0.3) is 0 Å². The van der Waals surface area contributed by atoms with E-state index in [1.165, 1.54) is 12.8 Å². The van der Waals surface area contributed by atoms with Crippen LogP contribution in [-0.4, -0.2) is 54.2 Å². The van der Waals surface area contributed by atoms with Crippen LogP contribution in [0.1, 0.15) is 46.0 Å². The van der Waals surface area contributed by atoms with Gasteiger partial charge in [0.2, 0.25) is 5.91 Å². The summed E-state index contributed by atoms with van der Waals surface area (Å²) in [6.07, 6.45) is 6.17. The molecule has 0 aromatic carbocycles. The van der Waals surface area contributed by atoms with Crippen molar-refractivity contribution in [1.29, 1.82) is 0 Å². The lowest BCUT2D eigenvalue weighted by atomic mass is 9.89. The molecule has 3 aliphatic rings. The number of ether oxygens (including phenoxy) is 1. The normalized spacial score (nSPS) is 32.9. The topological polar surface area (TPSA) is 67.6 Å². The van der Waals surface area contributed by atoms with Gasteiger partial charge in [0.1, 0.15) is 5.54 Å². The highest BCUT2D eigenvalue weighted by Gasteiger charge is 2.52. The summed E-state index contributed by atoms with van der Waals surface area (Å²) < 4.78 is 5.89. The van der Waals surface area contributed by atoms with Crippen molar-refractivity contribution in [2.24, 2.45) is 11.7 Å². The quantitative estimate of drug-likeness (QED) is 0.763. The third-order valence-electron chi connectivity index (χ3n) is 5.31. The first-order valence-electron chi connectivity index (χ1n) is 8.46. The molecule has 1 amide bonds. The fourth-order valence-electron chi connectivity index (χ4n) is 4.26. The van der Waals surface area contributed by atoms with Crippen molar-refractivity contribution in [3.05, 3.63) is 0 Å². The van der Waals surface area contributed by atoms with Crippen LogP contribution in [0.25, 0.3) is 0 Å². The van der Waals surface area contributed by atoms with E-state index < -0.39 is 5.54 Å². The number of hydrogen-bond donors (Lipinski definition) is 2. The van der Waals surface area contributed by atoms with E-state index in [0.717, 1.165) is 39.0 Å². The maximum atomic E-state index is 12.3. The van der Waals surface area contributed by atoms with E-state index in [1.807, 2.05) is 0 Å². The van der Waals surface area contributed by atoms with Gasteiger partial charge in [-0.2, -0.15) is 0 Å². The molecular weight excluding hydrogens is 266 g/mol. The molecule has 3 unspecified atom stereocenters. The lowest BCUT2D eigenvalue weighted by molar-refractivity contribution is -0.129. The Hall–Kier alpha value is -0.650. The molecular formula is C16H29N3O2. The number of amides is 1. The van der Waals surface area contributed by atoms with E-state index in [-0.39, 0.29) is 11.9 Å². The van der Waals surface area contributed by atoms with Gasteiger partial charge in [-0.3, -0.25) is 15.0 Å². The number of carbonyl (C=O) groups is 1. The van der Waals surface area contributed by atoms with Crippen molar-refractivity contribution in [3.63, 3.8) is 0 Å². The van der Waals surface area contributed by atoms with Crippen molar-refractivity contribution in [3.8, 4) is 0 Å². The fraction of sp³-hybridized carbons (Fsp3) is 0.938. The van der Waals surface area contributed by atoms with Crippen molar-refractivity contribution >= 4 is 5.91 Å². The second kappa shape index (κ2) is 5.86. The molecule has 21 heavy (non-hydrogen) atoms. The van der Waals surface area contributed by atoms with Crippen LogP contribution in [0.2, 0.25) is 0 Å². The molecule has 0 bridgehead atoms. The minimum Gasteiger partial charge on any atom is -0.375 e. The van der Waals surface area contributed by atoms with Gasteiger partial charge in [-0.25, -0.2) is 0 Å². The molecule has 0 aromatic rings. The van der Waals surface area contributed by atoms with E-state index >= 15 is 0 Å². The number of nitrogens with two attached hydrogens (primary N) is 1. The van der Waals surface area contributed by atoms with Crippen molar-refractivity contribution in [2.75, 3.05) is 19.7 Å². The SMILES string of the molecule is CC(C)NC(CN1CCOC2CCCC21)(C(N)=O)C1CC1. The average molecular weight is 295 g/mol. The van der Waals surface area contributed by atoms with Crippen molar-refractivity contribution < 1.29 is 9.53 Å². The summed E-state index contributed by atoms with van der Waals surface area (Å²) in [4.78, 5) is 14.8. The Labute approximate surface area is 127 Å². The number of rotatable bonds is 6. The van der Waals surface area contributed by atoms with Crippen molar-refractivity contribution in [1.82, 2.24) is 10.2 Å². The van der Waals surface area contributed by atoms with Crippen LogP contribution >= 0.6 is 0 Å². The van der Waals surface area contributed by atoms with Crippen LogP contribution in [0, 0.1) is 5.92 Å². The molecule has 2 aliphatic carbocycles. The lowest BCUT2D eigenvalue weighted by Crippen LogP contribution is -2.67. The third-order valence-corrected chi connectivity index (χ3v) is 5.31. The number of morpholine rings is 1. The molecule has 120 valence electrons. The number of primary amides is 1. The maximum Gasteiger partial charge on any atom is 0.239 e. The number of nitrogens with one attached hydrogen (secondary N) is 1. The number of nitrogens with zero attached hydrogens (tertiary/aromatic N) is 1. The van der Waals surface area contributed by atoms with Gasteiger partial charge in [0, 0.05) is 25.2 Å². The van der Waals surface area contributed by atoms with Gasteiger partial charge in [0.15, 0.2) is 0 Å². The predicted molar refractivity (Wildman–Crippen MR) is 81.9 cm³/mol. The van der Waals surface area contributed by atoms with Gasteiger partial charge in [-0.15, -0.1) is 0 Å². The van der Waals surface area contributed by atoms with E-state index in [0.29, 0.717) is 18.1 Å². The van der Waals surface area contributed by atoms with Gasteiger partial charge in [-0.05, 0) is 51.9 Å². The summed E-state index contributed by atoms with van der Waals surface area (Å²) in [6, 6.07) is 0.740. The highest BCUT2D eigenvalue weighted by molar-refractivity contribution is 5.86. The Morgan fingerprint density at radius 2 is 2.14 bits per heavy atom. The highest BCUT2D eigenvalue weighted by Crippen LogP contribution is 2.42. The number of hydrogen-bond acceptors (Lipinski definition) is 4. The molecule has 3 rings (SSSR count). The second-order valence-corrected chi connectivity index (χ2v) is 7.29. The monoisotopic (exact) mass is 295 g/mol. The summed E-state index contributed by atoms with van der Waals surface area (Å²) in [5.41, 5.74) is 5.30. The van der Waals surface area contributed by atoms with Crippen LogP contribution in [-0.2, 0) is 9.53 Å². The fourth-order valence-corrected chi connectivity index (χ4v) is 4.26. The molecule has 1 aliphatic heterocycles. The Kier molecular flexibility index (Phi) is 4.26. The van der Waals surface area contributed by atoms with Gasteiger partial charge in [0.05, 0.1) is 12.7 Å². The zero-order valence-corrected chi connectivity index (χ0v) is 13.3. The predicted octanol–water partition coefficient (Wildman–Crippen LogP) is 0.872. The van der Waals surface area contributed by atoms with Gasteiger partial charge >= 0.3 is 0 Å². The lowest BCUT2D eigenvalue weighted by Gasteiger charge is -2.44. The Morgan fingerprint density at radius 1 is 1.38 bits per heavy atom. The van der Waals surface area contributed by atoms with Gasteiger partial charge < -0.3 is 10.5 Å². The molecule has 1 saturated heterocycles. The molecule has 0 aromatic heterocycles. The molecule has 3 atom stereocenters. The van der Waals surface area contributed by atoms with E-state index in [4.69, 9.17) is 10.5 Å². The molecule has 0 radical (unpaired) electrons. The minimum atomic E-state index is -0.557. The Bertz CT molecular complexity index is 397. The van der Waals surface area contributed by atoms with E-state index in [1.54, 1.807) is 0 Å². The van der Waals surface area contributed by atoms with Crippen LogP contribution in [0.4, 0.5) is 0 Å². The zero-order chi connectivity index (χ0) is 15.0. The molecule has 0 spiro atoms. The van der Waals surface area contributed by atoms with Crippen LogP contribution < -0.4 is 11.1 Å². The molecule has 5 heteroatoms. The number of fused-ring (bicyclic) bond motifs is 1. The first-order chi connectivity index (χ1) is 10.0. The Morgan fingerprint density at radius 3 is 2.76 bits per heavy atom. The smallest absolute Gasteiger partial charge is 0.239 e. The largest absolute Gasteiger partial charge is 0.375 e. The molecule has 1 heterocycles. The van der Waals surface area contributed by atoms with Crippen LogP contribution in [0.15, 0.2) is 0 Å². The average Bonchev–Trinajstić information content (AvgIpc) is 3.16. The van der Waals surface area contributed by atoms with Crippen LogP contribution in [0.3, 0.4) is 0 Å². The minimum absolute atomic E-state index is 0.181. The summed E-state index contributed by atoms with van der Waals surface area (Å²) in [5.74, 6) is 0.222. The Balaban J connectivity index is 1.78. The molecule has 3 N–H and O–H groups in total. The second-order valence-electron chi connectivity index (χ2n) is 7.29. The summed E-state index contributed by atoms with van der Waals surface area (Å²) in [6.45, 7) is 6.64. The molecule has 3 fully saturated rings. The number of carbonyl (C=O) groups excluding carboxylic acids is 1. The van der Waals surface area contributed by atoms with E-state index in [9.17, 15) is 4.79 Å². The van der Waals surface area contributed by atoms with Crippen molar-refractivity contribution in [2.45, 2.75) is 69.7 Å². The third kappa shape index (κ3) is 2.96. The zero-order valence-electron chi connectivity index (χ0n) is 13.3. The standard InChI is InChI=1S/C16H29N3O2/c1-11(2)18-16(15(17)20,12-6-7-12)10-19-8-9-21-14-5-3-4-13(14)19/h11-14,18H,3-10H2,1-2H3,(H2,17,20). The van der Waals surface area contributed by atoms with Gasteiger partial charge in [-0.1, -0.05) is 0 Å². The molecule has 5 nitrogen and oxygen atoms in total. The highest BCUT2D eigenvalue weighted by atomic mass is 16.5.